The molecule has 0 radical (unpaired) electrons. The van der Waals surface area contributed by atoms with Crippen LogP contribution in [0, 0.1) is 0 Å². The molecule has 0 aliphatic carbocycles. The Bertz CT molecular complexity index is 1140. The maximum atomic E-state index is 13.8. The van der Waals surface area contributed by atoms with E-state index in [1.54, 1.807) is 9.80 Å². The molecule has 3 saturated heterocycles. The highest BCUT2D eigenvalue weighted by atomic mass is 16.2. The summed E-state index contributed by atoms with van der Waals surface area (Å²) in [5.41, 5.74) is 1.93. The number of rotatable bonds is 4. The van der Waals surface area contributed by atoms with E-state index in [1.165, 1.54) is 0 Å². The van der Waals surface area contributed by atoms with Crippen LogP contribution in [0.3, 0.4) is 0 Å². The number of benzene rings is 2. The van der Waals surface area contributed by atoms with Crippen molar-refractivity contribution in [2.45, 2.75) is 69.1 Å². The van der Waals surface area contributed by atoms with Gasteiger partial charge in [-0.3, -0.25) is 19.2 Å². The summed E-state index contributed by atoms with van der Waals surface area (Å²) >= 11 is 0. The van der Waals surface area contributed by atoms with Gasteiger partial charge in [0.1, 0.15) is 18.1 Å². The van der Waals surface area contributed by atoms with Crippen molar-refractivity contribution in [2.24, 2.45) is 0 Å². The maximum Gasteiger partial charge on any atom is 0.246 e. The average molecular weight is 503 g/mol. The van der Waals surface area contributed by atoms with Crippen molar-refractivity contribution in [3.63, 3.8) is 0 Å². The molecule has 5 rings (SSSR count). The van der Waals surface area contributed by atoms with Crippen LogP contribution in [0.5, 0.6) is 0 Å². The molecule has 3 heterocycles. The molecule has 0 saturated carbocycles. The Kier molecular flexibility index (Phi) is 7.53. The van der Waals surface area contributed by atoms with Gasteiger partial charge >= 0.3 is 0 Å². The van der Waals surface area contributed by atoms with Crippen molar-refractivity contribution < 1.29 is 19.2 Å². The first kappa shape index (κ1) is 25.0. The summed E-state index contributed by atoms with van der Waals surface area (Å²) in [6.45, 7) is 0.973. The maximum absolute atomic E-state index is 13.8. The third-order valence-corrected chi connectivity index (χ3v) is 7.68. The van der Waals surface area contributed by atoms with Gasteiger partial charge in [-0.1, -0.05) is 60.7 Å². The van der Waals surface area contributed by atoms with Crippen LogP contribution < -0.4 is 10.6 Å². The first-order chi connectivity index (χ1) is 18.0. The molecule has 3 aliphatic rings. The molecule has 3 fully saturated rings. The largest absolute Gasteiger partial charge is 0.351 e. The van der Waals surface area contributed by atoms with Gasteiger partial charge in [0, 0.05) is 32.0 Å². The molecular weight excluding hydrogens is 468 g/mol. The molecule has 3 aliphatic heterocycles. The van der Waals surface area contributed by atoms with Gasteiger partial charge in [0.2, 0.25) is 23.6 Å². The fourth-order valence-electron chi connectivity index (χ4n) is 5.88. The van der Waals surface area contributed by atoms with Gasteiger partial charge in [-0.25, -0.2) is 0 Å². The molecule has 2 aromatic carbocycles. The van der Waals surface area contributed by atoms with Gasteiger partial charge in [0.05, 0.1) is 0 Å². The Morgan fingerprint density at radius 2 is 1.24 bits per heavy atom. The first-order valence-corrected chi connectivity index (χ1v) is 13.3. The SMILES string of the molecule is O=C1C[C@H](Cc2ccccc2)NC(=O)[C@@H]2CCCN2C(=O)[C@H]2CCCN2C(=O)[C@H](Cc2ccccc2)N1. The lowest BCUT2D eigenvalue weighted by atomic mass is 10.0. The van der Waals surface area contributed by atoms with E-state index >= 15 is 0 Å². The van der Waals surface area contributed by atoms with Crippen molar-refractivity contribution in [2.75, 3.05) is 13.1 Å². The summed E-state index contributed by atoms with van der Waals surface area (Å²) in [6, 6.07) is 16.9. The second kappa shape index (κ2) is 11.2. The lowest BCUT2D eigenvalue weighted by Crippen LogP contribution is -2.56. The normalized spacial score (nSPS) is 26.9. The topological polar surface area (TPSA) is 98.8 Å². The Morgan fingerprint density at radius 3 is 1.89 bits per heavy atom. The van der Waals surface area contributed by atoms with Gasteiger partial charge in [0.15, 0.2) is 0 Å². The van der Waals surface area contributed by atoms with Crippen LogP contribution in [0.4, 0.5) is 0 Å². The molecule has 4 amide bonds. The number of carbonyl (C=O) groups is 4. The highest BCUT2D eigenvalue weighted by molar-refractivity contribution is 5.95. The zero-order valence-corrected chi connectivity index (χ0v) is 21.0. The zero-order chi connectivity index (χ0) is 25.8. The fourth-order valence-corrected chi connectivity index (χ4v) is 5.88. The molecule has 194 valence electrons. The molecule has 4 atom stereocenters. The molecule has 0 bridgehead atoms. The number of nitrogens with zero attached hydrogens (tertiary/aromatic N) is 2. The van der Waals surface area contributed by atoms with Gasteiger partial charge in [-0.15, -0.1) is 0 Å². The lowest BCUT2D eigenvalue weighted by Gasteiger charge is -2.32. The molecule has 2 aromatic rings. The fraction of sp³-hybridized carbons (Fsp3) is 0.448. The van der Waals surface area contributed by atoms with E-state index in [0.717, 1.165) is 24.0 Å². The monoisotopic (exact) mass is 502 g/mol. The molecule has 8 heteroatoms. The van der Waals surface area contributed by atoms with Crippen LogP contribution in [0.1, 0.15) is 43.2 Å². The van der Waals surface area contributed by atoms with Crippen molar-refractivity contribution in [3.05, 3.63) is 71.8 Å². The molecule has 2 N–H and O–H groups in total. The minimum atomic E-state index is -0.786. The number of nitrogens with one attached hydrogen (secondary N) is 2. The van der Waals surface area contributed by atoms with Crippen molar-refractivity contribution in [1.82, 2.24) is 20.4 Å². The highest BCUT2D eigenvalue weighted by Crippen LogP contribution is 2.26. The standard InChI is InChI=1S/C29H34N4O4/c34-26-19-22(17-20-9-3-1-4-10-20)30-27(35)24-13-7-15-32(24)29(37)25-14-8-16-33(25)28(36)23(31-26)18-21-11-5-2-6-12-21/h1-6,9-12,22-25H,7-8,13-19H2,(H,30,35)(H,31,34)/t22-,23-,24-,25+/m0/s1. The van der Waals surface area contributed by atoms with Crippen molar-refractivity contribution >= 4 is 23.6 Å². The Labute approximate surface area is 217 Å². The van der Waals surface area contributed by atoms with Crippen LogP contribution >= 0.6 is 0 Å². The van der Waals surface area contributed by atoms with Crippen LogP contribution in [0.2, 0.25) is 0 Å². The number of hydrogen-bond acceptors (Lipinski definition) is 4. The number of carbonyl (C=O) groups excluding carboxylic acids is 4. The van der Waals surface area contributed by atoms with E-state index < -0.39 is 24.2 Å². The van der Waals surface area contributed by atoms with Crippen LogP contribution in [0.15, 0.2) is 60.7 Å². The number of amides is 4. The van der Waals surface area contributed by atoms with Gasteiger partial charge in [0.25, 0.3) is 0 Å². The van der Waals surface area contributed by atoms with Crippen LogP contribution in [-0.2, 0) is 32.0 Å². The molecule has 0 unspecified atom stereocenters. The molecule has 8 nitrogen and oxygen atoms in total. The zero-order valence-electron chi connectivity index (χ0n) is 21.0. The van der Waals surface area contributed by atoms with Crippen molar-refractivity contribution in [3.8, 4) is 0 Å². The highest BCUT2D eigenvalue weighted by Gasteiger charge is 2.44. The molecule has 0 spiro atoms. The summed E-state index contributed by atoms with van der Waals surface area (Å²) in [7, 11) is 0. The molecule has 0 aromatic heterocycles. The first-order valence-electron chi connectivity index (χ1n) is 13.3. The van der Waals surface area contributed by atoms with Gasteiger partial charge < -0.3 is 20.4 Å². The van der Waals surface area contributed by atoms with Gasteiger partial charge in [-0.2, -0.15) is 0 Å². The lowest BCUT2D eigenvalue weighted by molar-refractivity contribution is -0.147. The minimum Gasteiger partial charge on any atom is -0.351 e. The average Bonchev–Trinajstić information content (AvgIpc) is 3.59. The third-order valence-electron chi connectivity index (χ3n) is 7.68. The third kappa shape index (κ3) is 5.68. The summed E-state index contributed by atoms with van der Waals surface area (Å²) in [5.74, 6) is -0.912. The predicted octanol–water partition coefficient (Wildman–Crippen LogP) is 1.83. The van der Waals surface area contributed by atoms with E-state index in [-0.39, 0.29) is 30.0 Å². The molecule has 37 heavy (non-hydrogen) atoms. The minimum absolute atomic E-state index is 0.0449. The summed E-state index contributed by atoms with van der Waals surface area (Å²) < 4.78 is 0. The summed E-state index contributed by atoms with van der Waals surface area (Å²) in [5, 5.41) is 6.02. The van der Waals surface area contributed by atoms with Crippen LogP contribution in [0.25, 0.3) is 0 Å². The van der Waals surface area contributed by atoms with E-state index in [4.69, 9.17) is 0 Å². The van der Waals surface area contributed by atoms with Crippen molar-refractivity contribution in [1.29, 1.82) is 0 Å². The van der Waals surface area contributed by atoms with Crippen LogP contribution in [-0.4, -0.2) is 70.7 Å². The Morgan fingerprint density at radius 1 is 0.676 bits per heavy atom. The number of fused-ring (bicyclic) bond motifs is 2. The van der Waals surface area contributed by atoms with E-state index in [2.05, 4.69) is 10.6 Å². The van der Waals surface area contributed by atoms with E-state index in [1.807, 2.05) is 60.7 Å². The predicted molar refractivity (Wildman–Crippen MR) is 138 cm³/mol. The smallest absolute Gasteiger partial charge is 0.246 e. The summed E-state index contributed by atoms with van der Waals surface area (Å²) in [6.07, 6.45) is 3.47. The van der Waals surface area contributed by atoms with Gasteiger partial charge in [-0.05, 0) is 43.2 Å². The quantitative estimate of drug-likeness (QED) is 0.667. The molecular formula is C29H34N4O4. The second-order valence-corrected chi connectivity index (χ2v) is 10.3. The van der Waals surface area contributed by atoms with E-state index in [0.29, 0.717) is 38.8 Å². The summed E-state index contributed by atoms with van der Waals surface area (Å²) in [4.78, 5) is 57.5. The Hall–Kier alpha value is -3.68. The second-order valence-electron chi connectivity index (χ2n) is 10.3. The number of hydrogen-bond donors (Lipinski definition) is 2. The van der Waals surface area contributed by atoms with E-state index in [9.17, 15) is 19.2 Å². The Balaban J connectivity index is 1.46.